The minimum Gasteiger partial charge on any atom is -0.262 e. The van der Waals surface area contributed by atoms with Gasteiger partial charge in [0.2, 0.25) is 0 Å². The van der Waals surface area contributed by atoms with Crippen molar-refractivity contribution in [2.45, 2.75) is 26.1 Å². The van der Waals surface area contributed by atoms with Gasteiger partial charge in [-0.1, -0.05) is 13.8 Å². The predicted octanol–water partition coefficient (Wildman–Crippen LogP) is 1.79. The van der Waals surface area contributed by atoms with Crippen molar-refractivity contribution in [3.8, 4) is 0 Å². The Hall–Kier alpha value is -0.785. The third-order valence-corrected chi connectivity index (χ3v) is 1.64. The molecule has 1 heterocycles. The zero-order chi connectivity index (χ0) is 8.48. The molecular weight excluding hydrogens is 133 g/mol. The molecule has 0 unspecified atom stereocenters. The monoisotopic (exact) mass is 145 g/mol. The summed E-state index contributed by atoms with van der Waals surface area (Å²) in [4.78, 5) is 4.10. The molecule has 1 aromatic heterocycles. The molecule has 0 atom stereocenters. The summed E-state index contributed by atoms with van der Waals surface area (Å²) in [7, 11) is 5.90. The van der Waals surface area contributed by atoms with Crippen LogP contribution in [0.25, 0.3) is 0 Å². The molecular formula is C9H12BN. The maximum absolute atomic E-state index is 5.90. The van der Waals surface area contributed by atoms with Gasteiger partial charge in [0, 0.05) is 11.9 Å². The van der Waals surface area contributed by atoms with Crippen LogP contribution in [0.4, 0.5) is 0 Å². The Bertz CT molecular complexity index is 250. The second-order valence-electron chi connectivity index (χ2n) is 3.41. The van der Waals surface area contributed by atoms with E-state index in [2.05, 4.69) is 4.98 Å². The number of pyridine rings is 1. The van der Waals surface area contributed by atoms with Gasteiger partial charge in [-0.3, -0.25) is 4.98 Å². The Kier molecular flexibility index (Phi) is 2.03. The molecule has 0 bridgehead atoms. The standard InChI is InChI=1S/C9H12BN/c1-7-6-8(4-5-11-7)9(2,3)10/h4-6H,1-3H3. The summed E-state index contributed by atoms with van der Waals surface area (Å²) in [6, 6.07) is 3.97. The molecule has 11 heavy (non-hydrogen) atoms. The first-order chi connectivity index (χ1) is 5.00. The zero-order valence-electron chi connectivity index (χ0n) is 7.26. The third-order valence-electron chi connectivity index (χ3n) is 1.64. The molecule has 1 aromatic rings. The van der Waals surface area contributed by atoms with Gasteiger partial charge in [0.15, 0.2) is 0 Å². The van der Waals surface area contributed by atoms with E-state index in [9.17, 15) is 0 Å². The Morgan fingerprint density at radius 1 is 1.45 bits per heavy atom. The fourth-order valence-corrected chi connectivity index (χ4v) is 0.946. The maximum atomic E-state index is 5.90. The molecule has 0 aromatic carbocycles. The van der Waals surface area contributed by atoms with Crippen LogP contribution in [0.5, 0.6) is 0 Å². The zero-order valence-corrected chi connectivity index (χ0v) is 7.26. The van der Waals surface area contributed by atoms with Crippen molar-refractivity contribution in [1.82, 2.24) is 4.98 Å². The molecule has 0 fully saturated rings. The Balaban J connectivity index is 3.06. The molecule has 0 saturated heterocycles. The topological polar surface area (TPSA) is 12.9 Å². The predicted molar refractivity (Wildman–Crippen MR) is 47.8 cm³/mol. The summed E-state index contributed by atoms with van der Waals surface area (Å²) in [5, 5.41) is -0.256. The van der Waals surface area contributed by atoms with E-state index in [1.807, 2.05) is 32.9 Å². The highest BCUT2D eigenvalue weighted by atomic mass is 14.6. The smallest absolute Gasteiger partial charge is 0.0802 e. The van der Waals surface area contributed by atoms with Crippen molar-refractivity contribution in [3.63, 3.8) is 0 Å². The molecule has 0 spiro atoms. The Labute approximate surface area is 69.3 Å². The molecule has 0 saturated carbocycles. The highest BCUT2D eigenvalue weighted by molar-refractivity contribution is 6.15. The van der Waals surface area contributed by atoms with E-state index in [-0.39, 0.29) is 5.31 Å². The summed E-state index contributed by atoms with van der Waals surface area (Å²) in [6.07, 6.45) is 1.79. The van der Waals surface area contributed by atoms with Crippen molar-refractivity contribution in [2.75, 3.05) is 0 Å². The van der Waals surface area contributed by atoms with E-state index in [0.29, 0.717) is 0 Å². The van der Waals surface area contributed by atoms with Gasteiger partial charge in [-0.05, 0) is 29.9 Å². The summed E-state index contributed by atoms with van der Waals surface area (Å²) < 4.78 is 0. The van der Waals surface area contributed by atoms with E-state index >= 15 is 0 Å². The average molecular weight is 145 g/mol. The third kappa shape index (κ3) is 2.07. The molecule has 1 rings (SSSR count). The Morgan fingerprint density at radius 3 is 2.45 bits per heavy atom. The summed E-state index contributed by atoms with van der Waals surface area (Å²) in [6.45, 7) is 5.94. The van der Waals surface area contributed by atoms with Crippen molar-refractivity contribution in [1.29, 1.82) is 0 Å². The van der Waals surface area contributed by atoms with Gasteiger partial charge in [-0.25, -0.2) is 0 Å². The second kappa shape index (κ2) is 2.69. The fraction of sp³-hybridized carbons (Fsp3) is 0.444. The number of aryl methyl sites for hydroxylation is 1. The van der Waals surface area contributed by atoms with Gasteiger partial charge in [0.05, 0.1) is 7.85 Å². The molecule has 0 N–H and O–H groups in total. The normalized spacial score (nSPS) is 11.5. The van der Waals surface area contributed by atoms with Crippen LogP contribution in [0.3, 0.4) is 0 Å². The number of hydrogen-bond acceptors (Lipinski definition) is 1. The fourth-order valence-electron chi connectivity index (χ4n) is 0.946. The van der Waals surface area contributed by atoms with Crippen LogP contribution in [0.1, 0.15) is 25.1 Å². The minimum atomic E-state index is -0.256. The first kappa shape index (κ1) is 8.31. The molecule has 2 heteroatoms. The largest absolute Gasteiger partial charge is 0.262 e. The van der Waals surface area contributed by atoms with Gasteiger partial charge in [0.1, 0.15) is 0 Å². The highest BCUT2D eigenvalue weighted by Gasteiger charge is 2.12. The van der Waals surface area contributed by atoms with Gasteiger partial charge in [-0.15, -0.1) is 0 Å². The molecule has 0 aliphatic carbocycles. The SMILES string of the molecule is [B]C(C)(C)c1ccnc(C)c1. The lowest BCUT2D eigenvalue weighted by Crippen LogP contribution is -2.16. The van der Waals surface area contributed by atoms with E-state index < -0.39 is 0 Å². The molecule has 0 aliphatic heterocycles. The van der Waals surface area contributed by atoms with Crippen LogP contribution in [-0.4, -0.2) is 12.8 Å². The lowest BCUT2D eigenvalue weighted by atomic mass is 9.68. The van der Waals surface area contributed by atoms with Crippen molar-refractivity contribution in [3.05, 3.63) is 29.6 Å². The molecule has 0 aliphatic rings. The van der Waals surface area contributed by atoms with Crippen molar-refractivity contribution < 1.29 is 0 Å². The van der Waals surface area contributed by atoms with Crippen LogP contribution < -0.4 is 0 Å². The number of nitrogens with zero attached hydrogens (tertiary/aromatic N) is 1. The number of hydrogen-bond donors (Lipinski definition) is 0. The average Bonchev–Trinajstić information content (AvgIpc) is 1.86. The van der Waals surface area contributed by atoms with E-state index in [0.717, 1.165) is 11.3 Å². The van der Waals surface area contributed by atoms with E-state index in [1.165, 1.54) is 0 Å². The first-order valence-corrected chi connectivity index (χ1v) is 3.72. The van der Waals surface area contributed by atoms with Crippen LogP contribution in [-0.2, 0) is 5.31 Å². The molecule has 56 valence electrons. The number of aromatic nitrogens is 1. The minimum absolute atomic E-state index is 0.256. The lowest BCUT2D eigenvalue weighted by Gasteiger charge is -2.19. The molecule has 1 nitrogen and oxygen atoms in total. The maximum Gasteiger partial charge on any atom is 0.0802 e. The van der Waals surface area contributed by atoms with Crippen LogP contribution >= 0.6 is 0 Å². The Morgan fingerprint density at radius 2 is 2.09 bits per heavy atom. The van der Waals surface area contributed by atoms with Crippen LogP contribution in [0.15, 0.2) is 18.3 Å². The number of rotatable bonds is 1. The van der Waals surface area contributed by atoms with Crippen molar-refractivity contribution >= 4 is 7.85 Å². The van der Waals surface area contributed by atoms with Gasteiger partial charge < -0.3 is 0 Å². The highest BCUT2D eigenvalue weighted by Crippen LogP contribution is 2.18. The lowest BCUT2D eigenvalue weighted by molar-refractivity contribution is 0.760. The van der Waals surface area contributed by atoms with Gasteiger partial charge in [0.25, 0.3) is 0 Å². The molecule has 0 amide bonds. The van der Waals surface area contributed by atoms with Crippen LogP contribution in [0.2, 0.25) is 0 Å². The quantitative estimate of drug-likeness (QED) is 0.549. The summed E-state index contributed by atoms with van der Waals surface area (Å²) in [5.41, 5.74) is 2.14. The van der Waals surface area contributed by atoms with Crippen LogP contribution in [0, 0.1) is 6.92 Å². The van der Waals surface area contributed by atoms with E-state index in [4.69, 9.17) is 7.85 Å². The summed E-state index contributed by atoms with van der Waals surface area (Å²) >= 11 is 0. The second-order valence-corrected chi connectivity index (χ2v) is 3.41. The van der Waals surface area contributed by atoms with E-state index in [1.54, 1.807) is 6.20 Å². The van der Waals surface area contributed by atoms with Crippen molar-refractivity contribution in [2.24, 2.45) is 0 Å². The molecule has 2 radical (unpaired) electrons. The van der Waals surface area contributed by atoms with Gasteiger partial charge in [-0.2, -0.15) is 0 Å². The van der Waals surface area contributed by atoms with Gasteiger partial charge >= 0.3 is 0 Å². The summed E-state index contributed by atoms with van der Waals surface area (Å²) in [5.74, 6) is 0. The first-order valence-electron chi connectivity index (χ1n) is 3.72.